The third-order valence-electron chi connectivity index (χ3n) is 2.97. The van der Waals surface area contributed by atoms with E-state index in [4.69, 9.17) is 5.26 Å². The van der Waals surface area contributed by atoms with Crippen molar-refractivity contribution < 1.29 is 0 Å². The van der Waals surface area contributed by atoms with Crippen LogP contribution in [-0.2, 0) is 0 Å². The monoisotopic (exact) mass is 206 g/mol. The molecule has 1 N–H and O–H groups in total. The van der Waals surface area contributed by atoms with Crippen molar-refractivity contribution in [3.05, 3.63) is 12.2 Å². The molecule has 0 saturated heterocycles. The molecular formula is C13H22N2. The number of hydrogen-bond acceptors (Lipinski definition) is 2. The summed E-state index contributed by atoms with van der Waals surface area (Å²) >= 11 is 0. The molecule has 0 bridgehead atoms. The van der Waals surface area contributed by atoms with E-state index in [2.05, 4.69) is 23.5 Å². The van der Waals surface area contributed by atoms with Crippen LogP contribution in [-0.4, -0.2) is 12.6 Å². The van der Waals surface area contributed by atoms with Crippen LogP contribution in [0.15, 0.2) is 12.2 Å². The lowest BCUT2D eigenvalue weighted by molar-refractivity contribution is 0.416. The third kappa shape index (κ3) is 4.99. The molecule has 0 aromatic rings. The van der Waals surface area contributed by atoms with Crippen LogP contribution < -0.4 is 5.32 Å². The van der Waals surface area contributed by atoms with Gasteiger partial charge in [0.05, 0.1) is 11.5 Å². The molecule has 15 heavy (non-hydrogen) atoms. The molecule has 0 aromatic heterocycles. The van der Waals surface area contributed by atoms with Gasteiger partial charge in [-0.25, -0.2) is 0 Å². The summed E-state index contributed by atoms with van der Waals surface area (Å²) in [5, 5.41) is 12.4. The van der Waals surface area contributed by atoms with Gasteiger partial charge in [0.25, 0.3) is 0 Å². The van der Waals surface area contributed by atoms with Crippen LogP contribution >= 0.6 is 0 Å². The Morgan fingerprint density at radius 2 is 2.00 bits per heavy atom. The Balaban J connectivity index is 1.96. The maximum absolute atomic E-state index is 8.85. The molecule has 84 valence electrons. The van der Waals surface area contributed by atoms with Crippen molar-refractivity contribution in [1.29, 1.82) is 5.26 Å². The van der Waals surface area contributed by atoms with Crippen LogP contribution in [0.25, 0.3) is 0 Å². The average Bonchev–Trinajstić information content (AvgIpc) is 2.70. The number of nitrogens with one attached hydrogen (secondary N) is 1. The molecule has 2 heteroatoms. The highest BCUT2D eigenvalue weighted by molar-refractivity contribution is 4.97. The molecule has 0 amide bonds. The van der Waals surface area contributed by atoms with E-state index in [0.717, 1.165) is 19.4 Å². The second kappa shape index (κ2) is 5.92. The van der Waals surface area contributed by atoms with Crippen LogP contribution in [0.1, 0.15) is 46.0 Å². The third-order valence-corrected chi connectivity index (χ3v) is 2.97. The van der Waals surface area contributed by atoms with E-state index in [1.165, 1.54) is 19.3 Å². The van der Waals surface area contributed by atoms with Crippen molar-refractivity contribution in [2.75, 3.05) is 6.54 Å². The summed E-state index contributed by atoms with van der Waals surface area (Å²) in [6.45, 7) is 5.12. The maximum atomic E-state index is 8.85. The van der Waals surface area contributed by atoms with Crippen molar-refractivity contribution in [3.8, 4) is 6.07 Å². The van der Waals surface area contributed by atoms with Crippen LogP contribution in [0.4, 0.5) is 0 Å². The van der Waals surface area contributed by atoms with Gasteiger partial charge in [-0.1, -0.05) is 18.6 Å². The van der Waals surface area contributed by atoms with Crippen molar-refractivity contribution >= 4 is 0 Å². The van der Waals surface area contributed by atoms with E-state index in [1.54, 1.807) is 0 Å². The second-order valence-corrected chi connectivity index (χ2v) is 5.05. The van der Waals surface area contributed by atoms with E-state index in [-0.39, 0.29) is 5.41 Å². The molecular weight excluding hydrogens is 184 g/mol. The number of hydrogen-bond donors (Lipinski definition) is 1. The molecule has 2 nitrogen and oxygen atoms in total. The van der Waals surface area contributed by atoms with Gasteiger partial charge in [0, 0.05) is 6.04 Å². The molecule has 0 fully saturated rings. The van der Waals surface area contributed by atoms with Crippen molar-refractivity contribution in [3.63, 3.8) is 0 Å². The fourth-order valence-electron chi connectivity index (χ4n) is 1.84. The summed E-state index contributed by atoms with van der Waals surface area (Å²) in [5.41, 5.74) is -0.144. The molecule has 0 atom stereocenters. The second-order valence-electron chi connectivity index (χ2n) is 5.05. The highest BCUT2D eigenvalue weighted by atomic mass is 14.9. The molecule has 1 rings (SSSR count). The van der Waals surface area contributed by atoms with Gasteiger partial charge < -0.3 is 5.32 Å². The lowest BCUT2D eigenvalue weighted by Crippen LogP contribution is -2.27. The first-order valence-corrected chi connectivity index (χ1v) is 5.94. The highest BCUT2D eigenvalue weighted by Gasteiger charge is 2.15. The Morgan fingerprint density at radius 1 is 1.33 bits per heavy atom. The fraction of sp³-hybridized carbons (Fsp3) is 0.769. The van der Waals surface area contributed by atoms with Gasteiger partial charge in [0.15, 0.2) is 0 Å². The van der Waals surface area contributed by atoms with Gasteiger partial charge in [-0.3, -0.25) is 0 Å². The van der Waals surface area contributed by atoms with Crippen LogP contribution in [0, 0.1) is 16.7 Å². The van der Waals surface area contributed by atoms with Gasteiger partial charge in [-0.2, -0.15) is 5.26 Å². The fourth-order valence-corrected chi connectivity index (χ4v) is 1.84. The molecule has 0 radical (unpaired) electrons. The number of unbranched alkanes of at least 4 members (excludes halogenated alkanes) is 1. The van der Waals surface area contributed by atoms with E-state index < -0.39 is 0 Å². The molecule has 0 aromatic carbocycles. The summed E-state index contributed by atoms with van der Waals surface area (Å²) in [6, 6.07) is 3.02. The first-order chi connectivity index (χ1) is 7.14. The van der Waals surface area contributed by atoms with Crippen LogP contribution in [0.5, 0.6) is 0 Å². The summed E-state index contributed by atoms with van der Waals surface area (Å²) in [7, 11) is 0. The van der Waals surface area contributed by atoms with E-state index in [9.17, 15) is 0 Å². The number of nitriles is 1. The molecule has 1 aliphatic carbocycles. The minimum absolute atomic E-state index is 0.144. The summed E-state index contributed by atoms with van der Waals surface area (Å²) < 4.78 is 0. The molecule has 0 aliphatic heterocycles. The van der Waals surface area contributed by atoms with Crippen LogP contribution in [0.3, 0.4) is 0 Å². The Kier molecular flexibility index (Phi) is 4.84. The quantitative estimate of drug-likeness (QED) is 0.535. The highest BCUT2D eigenvalue weighted by Crippen LogP contribution is 2.21. The summed E-state index contributed by atoms with van der Waals surface area (Å²) in [4.78, 5) is 0. The maximum Gasteiger partial charge on any atom is 0.0683 e. The zero-order chi connectivity index (χ0) is 11.1. The lowest BCUT2D eigenvalue weighted by atomic mass is 9.89. The molecule has 0 unspecified atom stereocenters. The summed E-state index contributed by atoms with van der Waals surface area (Å²) in [5.74, 6) is 0. The van der Waals surface area contributed by atoms with Gasteiger partial charge in [-0.15, -0.1) is 0 Å². The molecule has 1 aliphatic rings. The van der Waals surface area contributed by atoms with Crippen LogP contribution in [0.2, 0.25) is 0 Å². The largest absolute Gasteiger partial charge is 0.313 e. The SMILES string of the molecule is CC(C)(C#N)CCCCNC1CC=CC1. The van der Waals surface area contributed by atoms with Gasteiger partial charge in [0.2, 0.25) is 0 Å². The Labute approximate surface area is 93.4 Å². The molecule has 0 heterocycles. The predicted molar refractivity (Wildman–Crippen MR) is 63.4 cm³/mol. The Hall–Kier alpha value is -0.810. The zero-order valence-corrected chi connectivity index (χ0v) is 9.92. The Morgan fingerprint density at radius 3 is 2.60 bits per heavy atom. The van der Waals surface area contributed by atoms with E-state index in [0.29, 0.717) is 6.04 Å². The van der Waals surface area contributed by atoms with Crippen molar-refractivity contribution in [2.24, 2.45) is 5.41 Å². The Bertz CT molecular complexity index is 240. The molecule has 0 saturated carbocycles. The first kappa shape index (κ1) is 12.3. The number of rotatable bonds is 6. The predicted octanol–water partition coefficient (Wildman–Crippen LogP) is 3.01. The van der Waals surface area contributed by atoms with Gasteiger partial charge >= 0.3 is 0 Å². The average molecular weight is 206 g/mol. The van der Waals surface area contributed by atoms with Crippen molar-refractivity contribution in [2.45, 2.75) is 52.0 Å². The van der Waals surface area contributed by atoms with E-state index >= 15 is 0 Å². The normalized spacial score (nSPS) is 16.9. The first-order valence-electron chi connectivity index (χ1n) is 5.94. The zero-order valence-electron chi connectivity index (χ0n) is 9.92. The smallest absolute Gasteiger partial charge is 0.0683 e. The van der Waals surface area contributed by atoms with Gasteiger partial charge in [0.1, 0.15) is 0 Å². The minimum atomic E-state index is -0.144. The topological polar surface area (TPSA) is 35.8 Å². The standard InChI is InChI=1S/C13H22N2/c1-13(2,11-14)9-5-6-10-15-12-7-3-4-8-12/h3-4,12,15H,5-10H2,1-2H3. The van der Waals surface area contributed by atoms with E-state index in [1.807, 2.05) is 13.8 Å². The number of nitrogens with zero attached hydrogens (tertiary/aromatic N) is 1. The summed E-state index contributed by atoms with van der Waals surface area (Å²) in [6.07, 6.45) is 10.2. The molecule has 0 spiro atoms. The lowest BCUT2D eigenvalue weighted by Gasteiger charge is -2.15. The van der Waals surface area contributed by atoms with Gasteiger partial charge in [-0.05, 0) is 46.1 Å². The van der Waals surface area contributed by atoms with Crippen molar-refractivity contribution in [1.82, 2.24) is 5.32 Å². The minimum Gasteiger partial charge on any atom is -0.313 e.